The summed E-state index contributed by atoms with van der Waals surface area (Å²) in [4.78, 5) is 22.0. The molecule has 3 nitrogen and oxygen atoms in total. The Labute approximate surface area is 84.9 Å². The van der Waals surface area contributed by atoms with Crippen LogP contribution in [0, 0.1) is 0 Å². The zero-order valence-electron chi connectivity index (χ0n) is 6.99. The molecule has 2 rings (SSSR count). The molecule has 0 fully saturated rings. The maximum absolute atomic E-state index is 11.2. The number of ether oxygens (including phenoxy) is 1. The van der Waals surface area contributed by atoms with E-state index in [1.807, 2.05) is 0 Å². The van der Waals surface area contributed by atoms with Crippen molar-refractivity contribution in [2.24, 2.45) is 0 Å². The number of carbonyl (C=O) groups excluding carboxylic acids is 2. The minimum atomic E-state index is -0.650. The van der Waals surface area contributed by atoms with Crippen LogP contribution in [0.4, 0.5) is 0 Å². The first-order valence-corrected chi connectivity index (χ1v) is 4.29. The Morgan fingerprint density at radius 1 is 1.14 bits per heavy atom. The summed E-state index contributed by atoms with van der Waals surface area (Å²) in [6, 6.07) is 6.79. The van der Waals surface area contributed by atoms with Gasteiger partial charge in [0.25, 0.3) is 0 Å². The molecule has 0 N–H and O–H groups in total. The highest BCUT2D eigenvalue weighted by Gasteiger charge is 2.25. The first kappa shape index (κ1) is 8.97. The van der Waals surface area contributed by atoms with Gasteiger partial charge in [-0.3, -0.25) is 0 Å². The first-order chi connectivity index (χ1) is 6.68. The van der Waals surface area contributed by atoms with Gasteiger partial charge in [0.2, 0.25) is 0 Å². The summed E-state index contributed by atoms with van der Waals surface area (Å²) in [5, 5.41) is 0.422. The normalized spacial score (nSPS) is 15.4. The standard InChI is InChI=1S/C10H5ClO3/c11-8-4-2-1-3-6(8)7-5-9(12)14-10(7)13/h1-5H. The average molecular weight is 209 g/mol. The monoisotopic (exact) mass is 208 g/mol. The Hall–Kier alpha value is -1.61. The van der Waals surface area contributed by atoms with Crippen molar-refractivity contribution < 1.29 is 14.3 Å². The molecule has 0 bridgehead atoms. The van der Waals surface area contributed by atoms with Gasteiger partial charge >= 0.3 is 11.9 Å². The Bertz CT molecular complexity index is 448. The lowest BCUT2D eigenvalue weighted by Gasteiger charge is -2.00. The molecule has 0 unspecified atom stereocenters. The number of hydrogen-bond acceptors (Lipinski definition) is 3. The van der Waals surface area contributed by atoms with E-state index in [4.69, 9.17) is 11.6 Å². The Kier molecular flexibility index (Phi) is 2.09. The molecular weight excluding hydrogens is 204 g/mol. The minimum Gasteiger partial charge on any atom is -0.386 e. The fraction of sp³-hybridized carbons (Fsp3) is 0. The fourth-order valence-corrected chi connectivity index (χ4v) is 1.46. The summed E-state index contributed by atoms with van der Waals surface area (Å²) in [7, 11) is 0. The molecule has 0 aliphatic carbocycles. The molecule has 0 amide bonds. The molecule has 1 aromatic carbocycles. The predicted octanol–water partition coefficient (Wildman–Crippen LogP) is 1.81. The molecule has 1 aromatic rings. The molecule has 1 aliphatic heterocycles. The van der Waals surface area contributed by atoms with Crippen LogP contribution in [0.2, 0.25) is 5.02 Å². The number of carbonyl (C=O) groups is 2. The minimum absolute atomic E-state index is 0.209. The molecule has 0 spiro atoms. The van der Waals surface area contributed by atoms with Gasteiger partial charge in [-0.1, -0.05) is 29.8 Å². The van der Waals surface area contributed by atoms with E-state index in [9.17, 15) is 9.59 Å². The second kappa shape index (κ2) is 3.27. The van der Waals surface area contributed by atoms with Crippen LogP contribution in [0.1, 0.15) is 5.56 Å². The zero-order chi connectivity index (χ0) is 10.1. The number of esters is 2. The van der Waals surface area contributed by atoms with E-state index in [0.717, 1.165) is 6.08 Å². The van der Waals surface area contributed by atoms with E-state index in [0.29, 0.717) is 10.6 Å². The van der Waals surface area contributed by atoms with Gasteiger partial charge < -0.3 is 4.74 Å². The number of benzene rings is 1. The zero-order valence-corrected chi connectivity index (χ0v) is 7.75. The van der Waals surface area contributed by atoms with Crippen molar-refractivity contribution in [3.05, 3.63) is 40.9 Å². The molecule has 14 heavy (non-hydrogen) atoms. The van der Waals surface area contributed by atoms with Gasteiger partial charge in [0, 0.05) is 16.7 Å². The average Bonchev–Trinajstić information content (AvgIpc) is 2.46. The van der Waals surface area contributed by atoms with Crippen molar-refractivity contribution in [2.45, 2.75) is 0 Å². The lowest BCUT2D eigenvalue weighted by atomic mass is 10.1. The van der Waals surface area contributed by atoms with Gasteiger partial charge in [-0.2, -0.15) is 0 Å². The van der Waals surface area contributed by atoms with Gasteiger partial charge in [0.15, 0.2) is 0 Å². The smallest absolute Gasteiger partial charge is 0.346 e. The third kappa shape index (κ3) is 1.42. The lowest BCUT2D eigenvalue weighted by molar-refractivity contribution is -0.149. The maximum Gasteiger partial charge on any atom is 0.346 e. The molecule has 1 heterocycles. The van der Waals surface area contributed by atoms with Crippen molar-refractivity contribution in [3.63, 3.8) is 0 Å². The van der Waals surface area contributed by atoms with E-state index >= 15 is 0 Å². The van der Waals surface area contributed by atoms with Crippen LogP contribution in [0.5, 0.6) is 0 Å². The largest absolute Gasteiger partial charge is 0.386 e. The third-order valence-electron chi connectivity index (χ3n) is 1.84. The summed E-state index contributed by atoms with van der Waals surface area (Å²) in [5.41, 5.74) is 0.727. The van der Waals surface area contributed by atoms with Crippen molar-refractivity contribution in [2.75, 3.05) is 0 Å². The highest BCUT2D eigenvalue weighted by Crippen LogP contribution is 2.27. The Morgan fingerprint density at radius 3 is 2.43 bits per heavy atom. The van der Waals surface area contributed by atoms with E-state index in [1.165, 1.54) is 0 Å². The molecule has 4 heteroatoms. The number of cyclic esters (lactones) is 2. The SMILES string of the molecule is O=C1C=C(c2ccccc2Cl)C(=O)O1. The van der Waals surface area contributed by atoms with Gasteiger partial charge in [0.1, 0.15) is 0 Å². The van der Waals surface area contributed by atoms with Gasteiger partial charge in [-0.15, -0.1) is 0 Å². The molecule has 1 aliphatic rings. The van der Waals surface area contributed by atoms with E-state index in [2.05, 4.69) is 4.74 Å². The van der Waals surface area contributed by atoms with Crippen LogP contribution < -0.4 is 0 Å². The highest BCUT2D eigenvalue weighted by molar-refractivity contribution is 6.36. The molecule has 0 radical (unpaired) electrons. The quantitative estimate of drug-likeness (QED) is 0.522. The number of hydrogen-bond donors (Lipinski definition) is 0. The third-order valence-corrected chi connectivity index (χ3v) is 2.17. The lowest BCUT2D eigenvalue weighted by Crippen LogP contribution is -2.01. The molecule has 0 saturated heterocycles. The fourth-order valence-electron chi connectivity index (χ4n) is 1.22. The summed E-state index contributed by atoms with van der Waals surface area (Å²) in [5.74, 6) is -1.30. The summed E-state index contributed by atoms with van der Waals surface area (Å²) in [6.07, 6.45) is 1.14. The van der Waals surface area contributed by atoms with Crippen LogP contribution in [0.25, 0.3) is 5.57 Å². The molecule has 0 saturated carbocycles. The molecular formula is C10H5ClO3. The number of halogens is 1. The number of rotatable bonds is 1. The van der Waals surface area contributed by atoms with Crippen LogP contribution in [-0.2, 0) is 14.3 Å². The van der Waals surface area contributed by atoms with Crippen LogP contribution in [-0.4, -0.2) is 11.9 Å². The van der Waals surface area contributed by atoms with Crippen molar-refractivity contribution in [1.82, 2.24) is 0 Å². The molecule has 70 valence electrons. The summed E-state index contributed by atoms with van der Waals surface area (Å²) >= 11 is 5.86. The Balaban J connectivity index is 2.51. The van der Waals surface area contributed by atoms with Crippen LogP contribution in [0.3, 0.4) is 0 Å². The van der Waals surface area contributed by atoms with Crippen molar-refractivity contribution in [3.8, 4) is 0 Å². The second-order valence-electron chi connectivity index (χ2n) is 2.75. The second-order valence-corrected chi connectivity index (χ2v) is 3.15. The van der Waals surface area contributed by atoms with Gasteiger partial charge in [-0.25, -0.2) is 9.59 Å². The van der Waals surface area contributed by atoms with Crippen LogP contribution in [0.15, 0.2) is 30.3 Å². The highest BCUT2D eigenvalue weighted by atomic mass is 35.5. The first-order valence-electron chi connectivity index (χ1n) is 3.91. The van der Waals surface area contributed by atoms with E-state index in [1.54, 1.807) is 24.3 Å². The van der Waals surface area contributed by atoms with Gasteiger partial charge in [-0.05, 0) is 6.07 Å². The van der Waals surface area contributed by atoms with E-state index < -0.39 is 11.9 Å². The molecule has 0 atom stereocenters. The maximum atomic E-state index is 11.2. The van der Waals surface area contributed by atoms with Crippen molar-refractivity contribution >= 4 is 29.1 Å². The summed E-state index contributed by atoms with van der Waals surface area (Å²) < 4.78 is 4.35. The Morgan fingerprint density at radius 2 is 1.86 bits per heavy atom. The predicted molar refractivity (Wildman–Crippen MR) is 50.5 cm³/mol. The summed E-state index contributed by atoms with van der Waals surface area (Å²) in [6.45, 7) is 0. The van der Waals surface area contributed by atoms with Crippen LogP contribution >= 0.6 is 11.6 Å². The van der Waals surface area contributed by atoms with E-state index in [-0.39, 0.29) is 5.57 Å². The topological polar surface area (TPSA) is 43.4 Å². The molecule has 0 aromatic heterocycles. The van der Waals surface area contributed by atoms with Gasteiger partial charge in [0.05, 0.1) is 5.57 Å². The van der Waals surface area contributed by atoms with Crippen molar-refractivity contribution in [1.29, 1.82) is 0 Å².